The summed E-state index contributed by atoms with van der Waals surface area (Å²) in [6.45, 7) is 5.80. The van der Waals surface area contributed by atoms with E-state index in [0.717, 1.165) is 22.3 Å². The first-order valence-electron chi connectivity index (χ1n) is 7.08. The van der Waals surface area contributed by atoms with Gasteiger partial charge in [0.25, 0.3) is 0 Å². The third kappa shape index (κ3) is 4.13. The second-order valence-electron chi connectivity index (χ2n) is 5.07. The molecule has 0 saturated heterocycles. The van der Waals surface area contributed by atoms with Crippen LogP contribution in [0.3, 0.4) is 0 Å². The van der Waals surface area contributed by atoms with Crippen LogP contribution in [0.5, 0.6) is 11.5 Å². The molecule has 2 nitrogen and oxygen atoms in total. The summed E-state index contributed by atoms with van der Waals surface area (Å²) in [5, 5.41) is 9.87. The van der Waals surface area contributed by atoms with E-state index in [1.54, 1.807) is 19.2 Å². The molecule has 0 aliphatic heterocycles. The average molecular weight is 292 g/mol. The molecule has 0 heterocycles. The molecule has 0 saturated carbocycles. The maximum atomic E-state index is 9.87. The molecule has 1 N–H and O–H groups in total. The Morgan fingerprint density at radius 3 is 2.45 bits per heavy atom. The number of benzene rings is 2. The van der Waals surface area contributed by atoms with Crippen LogP contribution in [-0.4, -0.2) is 12.2 Å². The van der Waals surface area contributed by atoms with Crippen LogP contribution < -0.4 is 4.74 Å². The minimum Gasteiger partial charge on any atom is -0.508 e. The number of phenols is 1. The van der Waals surface area contributed by atoms with Crippen LogP contribution in [0.25, 0.3) is 18.2 Å². The SMILES string of the molecule is C=C(C)C=Cc1c(C=Cc2ccccc2)cc(O)cc1OC. The van der Waals surface area contributed by atoms with Gasteiger partial charge in [0.05, 0.1) is 7.11 Å². The molecular formula is C20H20O2. The summed E-state index contributed by atoms with van der Waals surface area (Å²) >= 11 is 0. The minimum atomic E-state index is 0.178. The maximum Gasteiger partial charge on any atom is 0.130 e. The second kappa shape index (κ2) is 7.32. The maximum absolute atomic E-state index is 9.87. The molecule has 0 atom stereocenters. The Kier molecular flexibility index (Phi) is 5.21. The van der Waals surface area contributed by atoms with Gasteiger partial charge in [0.2, 0.25) is 0 Å². The van der Waals surface area contributed by atoms with Gasteiger partial charge in [-0.3, -0.25) is 0 Å². The molecule has 22 heavy (non-hydrogen) atoms. The van der Waals surface area contributed by atoms with Gasteiger partial charge in [-0.2, -0.15) is 0 Å². The fourth-order valence-corrected chi connectivity index (χ4v) is 2.09. The lowest BCUT2D eigenvalue weighted by Crippen LogP contribution is -1.90. The highest BCUT2D eigenvalue weighted by atomic mass is 16.5. The first-order valence-corrected chi connectivity index (χ1v) is 7.08. The average Bonchev–Trinajstić information content (AvgIpc) is 2.52. The summed E-state index contributed by atoms with van der Waals surface area (Å²) in [4.78, 5) is 0. The van der Waals surface area contributed by atoms with E-state index in [1.165, 1.54) is 0 Å². The summed E-state index contributed by atoms with van der Waals surface area (Å²) in [6.07, 6.45) is 7.85. The molecule has 2 aromatic carbocycles. The van der Waals surface area contributed by atoms with E-state index in [0.29, 0.717) is 5.75 Å². The number of methoxy groups -OCH3 is 1. The van der Waals surface area contributed by atoms with Crippen molar-refractivity contribution in [3.8, 4) is 11.5 Å². The number of hydrogen-bond acceptors (Lipinski definition) is 2. The van der Waals surface area contributed by atoms with Crippen molar-refractivity contribution in [2.75, 3.05) is 7.11 Å². The van der Waals surface area contributed by atoms with Gasteiger partial charge < -0.3 is 9.84 Å². The minimum absolute atomic E-state index is 0.178. The van der Waals surface area contributed by atoms with Crippen LogP contribution in [0.15, 0.2) is 60.7 Å². The molecule has 0 fully saturated rings. The zero-order valence-electron chi connectivity index (χ0n) is 12.9. The Bertz CT molecular complexity index is 710. The Balaban J connectivity index is 2.46. The molecule has 2 aromatic rings. The molecular weight excluding hydrogens is 272 g/mol. The van der Waals surface area contributed by atoms with E-state index in [-0.39, 0.29) is 5.75 Å². The standard InChI is InChI=1S/C20H20O2/c1-15(2)9-12-19-17(13-18(21)14-20(19)22-3)11-10-16-7-5-4-6-8-16/h4-14,21H,1H2,2-3H3. The Morgan fingerprint density at radius 1 is 1.09 bits per heavy atom. The molecule has 0 spiro atoms. The van der Waals surface area contributed by atoms with Crippen molar-refractivity contribution in [2.24, 2.45) is 0 Å². The molecule has 2 heteroatoms. The normalized spacial score (nSPS) is 11.2. The number of rotatable bonds is 5. The molecule has 0 aliphatic carbocycles. The number of hydrogen-bond donors (Lipinski definition) is 1. The van der Waals surface area contributed by atoms with Gasteiger partial charge in [0.1, 0.15) is 11.5 Å². The summed E-state index contributed by atoms with van der Waals surface area (Å²) < 4.78 is 5.38. The van der Waals surface area contributed by atoms with E-state index in [9.17, 15) is 5.11 Å². The van der Waals surface area contributed by atoms with E-state index in [4.69, 9.17) is 4.74 Å². The fraction of sp³-hybridized carbons (Fsp3) is 0.100. The van der Waals surface area contributed by atoms with Gasteiger partial charge >= 0.3 is 0 Å². The highest BCUT2D eigenvalue weighted by Crippen LogP contribution is 2.31. The van der Waals surface area contributed by atoms with Crippen LogP contribution in [-0.2, 0) is 0 Å². The predicted octanol–water partition coefficient (Wildman–Crippen LogP) is 5.16. The van der Waals surface area contributed by atoms with Crippen molar-refractivity contribution in [1.29, 1.82) is 0 Å². The number of ether oxygens (including phenoxy) is 1. The predicted molar refractivity (Wildman–Crippen MR) is 93.9 cm³/mol. The molecule has 0 radical (unpaired) electrons. The van der Waals surface area contributed by atoms with Crippen LogP contribution in [0.2, 0.25) is 0 Å². The fourth-order valence-electron chi connectivity index (χ4n) is 2.09. The zero-order valence-corrected chi connectivity index (χ0v) is 12.9. The van der Waals surface area contributed by atoms with E-state index < -0.39 is 0 Å². The third-order valence-electron chi connectivity index (χ3n) is 3.17. The smallest absolute Gasteiger partial charge is 0.130 e. The molecule has 0 bridgehead atoms. The highest BCUT2D eigenvalue weighted by molar-refractivity contribution is 5.79. The largest absolute Gasteiger partial charge is 0.508 e. The van der Waals surface area contributed by atoms with Gasteiger partial charge in [0.15, 0.2) is 0 Å². The zero-order chi connectivity index (χ0) is 15.9. The molecule has 2 rings (SSSR count). The van der Waals surface area contributed by atoms with Crippen LogP contribution in [0, 0.1) is 0 Å². The molecule has 112 valence electrons. The highest BCUT2D eigenvalue weighted by Gasteiger charge is 2.07. The van der Waals surface area contributed by atoms with E-state index in [2.05, 4.69) is 6.58 Å². The van der Waals surface area contributed by atoms with Gasteiger partial charge in [-0.1, -0.05) is 66.8 Å². The number of phenolic OH excluding ortho intramolecular Hbond substituents is 1. The molecule has 0 aliphatic rings. The van der Waals surface area contributed by atoms with Gasteiger partial charge in [0, 0.05) is 11.6 Å². The molecule has 0 unspecified atom stereocenters. The van der Waals surface area contributed by atoms with Gasteiger partial charge in [-0.05, 0) is 24.1 Å². The van der Waals surface area contributed by atoms with Crippen molar-refractivity contribution in [3.63, 3.8) is 0 Å². The molecule has 0 amide bonds. The van der Waals surface area contributed by atoms with Crippen molar-refractivity contribution >= 4 is 18.2 Å². The van der Waals surface area contributed by atoms with Crippen molar-refractivity contribution in [1.82, 2.24) is 0 Å². The van der Waals surface area contributed by atoms with Crippen LogP contribution in [0.1, 0.15) is 23.6 Å². The molecule has 0 aromatic heterocycles. The first-order chi connectivity index (χ1) is 10.6. The Morgan fingerprint density at radius 2 is 1.82 bits per heavy atom. The topological polar surface area (TPSA) is 29.5 Å². The summed E-state index contributed by atoms with van der Waals surface area (Å²) in [6, 6.07) is 13.4. The number of aromatic hydroxyl groups is 1. The third-order valence-corrected chi connectivity index (χ3v) is 3.17. The lowest BCUT2D eigenvalue weighted by atomic mass is 10.0. The Labute approximate surface area is 131 Å². The monoisotopic (exact) mass is 292 g/mol. The van der Waals surface area contributed by atoms with Gasteiger partial charge in [-0.25, -0.2) is 0 Å². The van der Waals surface area contributed by atoms with Crippen LogP contribution in [0.4, 0.5) is 0 Å². The lowest BCUT2D eigenvalue weighted by Gasteiger charge is -2.10. The summed E-state index contributed by atoms with van der Waals surface area (Å²) in [5.41, 5.74) is 3.85. The summed E-state index contributed by atoms with van der Waals surface area (Å²) in [7, 11) is 1.59. The van der Waals surface area contributed by atoms with Crippen molar-refractivity contribution < 1.29 is 9.84 Å². The van der Waals surface area contributed by atoms with E-state index in [1.807, 2.05) is 61.6 Å². The Hall–Kier alpha value is -2.74. The van der Waals surface area contributed by atoms with E-state index >= 15 is 0 Å². The van der Waals surface area contributed by atoms with Crippen LogP contribution >= 0.6 is 0 Å². The second-order valence-corrected chi connectivity index (χ2v) is 5.07. The lowest BCUT2D eigenvalue weighted by molar-refractivity contribution is 0.406. The quantitative estimate of drug-likeness (QED) is 0.609. The number of allylic oxidation sites excluding steroid dienone is 2. The summed E-state index contributed by atoms with van der Waals surface area (Å²) in [5.74, 6) is 0.808. The van der Waals surface area contributed by atoms with Crippen molar-refractivity contribution in [3.05, 3.63) is 77.4 Å². The van der Waals surface area contributed by atoms with Crippen molar-refractivity contribution in [2.45, 2.75) is 6.92 Å². The first kappa shape index (κ1) is 15.6. The van der Waals surface area contributed by atoms with Gasteiger partial charge in [-0.15, -0.1) is 0 Å².